The first-order valence-corrected chi connectivity index (χ1v) is 4.59. The summed E-state index contributed by atoms with van der Waals surface area (Å²) in [6.07, 6.45) is 5.02. The standard InChI is InChI=1S/C10H14N4O/c1-5-6-11-8(15)7-12-9(14-13-7)10(2,3)4/h1H,6H2,2-4H3,(H,11,15)(H,12,13,14). The third kappa shape index (κ3) is 2.81. The van der Waals surface area contributed by atoms with Crippen molar-refractivity contribution in [1.29, 1.82) is 0 Å². The second kappa shape index (κ2) is 4.13. The molecule has 5 nitrogen and oxygen atoms in total. The van der Waals surface area contributed by atoms with Gasteiger partial charge in [-0.1, -0.05) is 26.7 Å². The SMILES string of the molecule is C#CCNC(=O)c1n[nH]c(C(C)(C)C)n1. The Balaban J connectivity index is 2.77. The van der Waals surface area contributed by atoms with Crippen molar-refractivity contribution in [3.05, 3.63) is 11.6 Å². The fraction of sp³-hybridized carbons (Fsp3) is 0.500. The topological polar surface area (TPSA) is 70.7 Å². The van der Waals surface area contributed by atoms with E-state index in [1.54, 1.807) is 0 Å². The summed E-state index contributed by atoms with van der Waals surface area (Å²) in [6.45, 7) is 6.13. The van der Waals surface area contributed by atoms with Crippen LogP contribution in [0, 0.1) is 12.3 Å². The number of terminal acetylenes is 1. The maximum Gasteiger partial charge on any atom is 0.291 e. The Kier molecular flexibility index (Phi) is 3.10. The van der Waals surface area contributed by atoms with E-state index in [4.69, 9.17) is 6.42 Å². The van der Waals surface area contributed by atoms with Crippen LogP contribution < -0.4 is 5.32 Å². The van der Waals surface area contributed by atoms with E-state index >= 15 is 0 Å². The number of amides is 1. The number of hydrogen-bond acceptors (Lipinski definition) is 3. The summed E-state index contributed by atoms with van der Waals surface area (Å²) in [5, 5.41) is 9.04. The highest BCUT2D eigenvalue weighted by molar-refractivity contribution is 5.90. The van der Waals surface area contributed by atoms with Gasteiger partial charge in [-0.15, -0.1) is 11.5 Å². The van der Waals surface area contributed by atoms with E-state index in [2.05, 4.69) is 26.4 Å². The summed E-state index contributed by atoms with van der Waals surface area (Å²) in [4.78, 5) is 15.5. The molecule has 15 heavy (non-hydrogen) atoms. The molecule has 0 bridgehead atoms. The molecule has 1 amide bonds. The number of H-pyrrole nitrogens is 1. The fourth-order valence-corrected chi connectivity index (χ4v) is 0.909. The van der Waals surface area contributed by atoms with Gasteiger partial charge < -0.3 is 5.32 Å². The van der Waals surface area contributed by atoms with E-state index in [1.165, 1.54) is 0 Å². The lowest BCUT2D eigenvalue weighted by molar-refractivity contribution is 0.0948. The molecule has 1 aromatic rings. The summed E-state index contributed by atoms with van der Waals surface area (Å²) in [5.74, 6) is 2.74. The van der Waals surface area contributed by atoms with E-state index in [1.807, 2.05) is 20.8 Å². The number of aromatic amines is 1. The van der Waals surface area contributed by atoms with Crippen LogP contribution in [0.4, 0.5) is 0 Å². The van der Waals surface area contributed by atoms with Crippen molar-refractivity contribution in [1.82, 2.24) is 20.5 Å². The van der Waals surface area contributed by atoms with Gasteiger partial charge in [0.05, 0.1) is 6.54 Å². The van der Waals surface area contributed by atoms with Crippen molar-refractivity contribution in [2.24, 2.45) is 0 Å². The molecule has 0 aliphatic rings. The molecule has 0 aromatic carbocycles. The van der Waals surface area contributed by atoms with Crippen molar-refractivity contribution in [2.75, 3.05) is 6.54 Å². The number of aromatic nitrogens is 3. The molecule has 1 aromatic heterocycles. The average molecular weight is 206 g/mol. The molecule has 1 heterocycles. The highest BCUT2D eigenvalue weighted by atomic mass is 16.2. The van der Waals surface area contributed by atoms with Crippen LogP contribution in [0.15, 0.2) is 0 Å². The number of carbonyl (C=O) groups is 1. The number of nitrogens with zero attached hydrogens (tertiary/aromatic N) is 2. The van der Waals surface area contributed by atoms with Crippen LogP contribution in [-0.4, -0.2) is 27.6 Å². The van der Waals surface area contributed by atoms with Gasteiger partial charge in [-0.25, -0.2) is 4.98 Å². The minimum Gasteiger partial charge on any atom is -0.338 e. The van der Waals surface area contributed by atoms with Crippen molar-refractivity contribution >= 4 is 5.91 Å². The van der Waals surface area contributed by atoms with Gasteiger partial charge in [0.25, 0.3) is 5.91 Å². The lowest BCUT2D eigenvalue weighted by atomic mass is 9.96. The molecule has 0 radical (unpaired) electrons. The van der Waals surface area contributed by atoms with Gasteiger partial charge in [-0.3, -0.25) is 9.89 Å². The molecule has 0 unspecified atom stereocenters. The summed E-state index contributed by atoms with van der Waals surface area (Å²) in [5.41, 5.74) is -0.155. The van der Waals surface area contributed by atoms with E-state index in [-0.39, 0.29) is 23.7 Å². The Hall–Kier alpha value is -1.83. The molecular weight excluding hydrogens is 192 g/mol. The van der Waals surface area contributed by atoms with Crippen LogP contribution in [0.2, 0.25) is 0 Å². The zero-order chi connectivity index (χ0) is 11.5. The third-order valence-corrected chi connectivity index (χ3v) is 1.75. The average Bonchev–Trinajstić information content (AvgIpc) is 2.62. The third-order valence-electron chi connectivity index (χ3n) is 1.75. The zero-order valence-electron chi connectivity index (χ0n) is 9.09. The summed E-state index contributed by atoms with van der Waals surface area (Å²) in [7, 11) is 0. The fourth-order valence-electron chi connectivity index (χ4n) is 0.909. The second-order valence-electron chi connectivity index (χ2n) is 4.14. The van der Waals surface area contributed by atoms with Crippen LogP contribution in [0.5, 0.6) is 0 Å². The maximum atomic E-state index is 11.4. The molecule has 0 aliphatic heterocycles. The van der Waals surface area contributed by atoms with Crippen molar-refractivity contribution in [2.45, 2.75) is 26.2 Å². The Morgan fingerprint density at radius 2 is 2.27 bits per heavy atom. The quantitative estimate of drug-likeness (QED) is 0.691. The predicted molar refractivity (Wildman–Crippen MR) is 56.2 cm³/mol. The molecule has 80 valence electrons. The first-order valence-electron chi connectivity index (χ1n) is 4.59. The van der Waals surface area contributed by atoms with Gasteiger partial charge in [0.2, 0.25) is 5.82 Å². The van der Waals surface area contributed by atoms with Gasteiger partial charge in [0.15, 0.2) is 0 Å². The highest BCUT2D eigenvalue weighted by Gasteiger charge is 2.20. The smallest absolute Gasteiger partial charge is 0.291 e. The largest absolute Gasteiger partial charge is 0.338 e. The molecule has 5 heteroatoms. The first kappa shape index (κ1) is 11.2. The van der Waals surface area contributed by atoms with Gasteiger partial charge in [0, 0.05) is 5.41 Å². The molecule has 2 N–H and O–H groups in total. The molecule has 0 saturated carbocycles. The van der Waals surface area contributed by atoms with Gasteiger partial charge in [-0.2, -0.15) is 0 Å². The Morgan fingerprint density at radius 3 is 2.73 bits per heavy atom. The van der Waals surface area contributed by atoms with Gasteiger partial charge in [0.1, 0.15) is 5.82 Å². The van der Waals surface area contributed by atoms with Crippen molar-refractivity contribution in [3.8, 4) is 12.3 Å². The molecular formula is C10H14N4O. The summed E-state index contributed by atoms with van der Waals surface area (Å²) >= 11 is 0. The second-order valence-corrected chi connectivity index (χ2v) is 4.14. The number of rotatable bonds is 2. The molecule has 0 spiro atoms. The van der Waals surface area contributed by atoms with Crippen LogP contribution in [0.3, 0.4) is 0 Å². The van der Waals surface area contributed by atoms with Crippen molar-refractivity contribution < 1.29 is 4.79 Å². The Bertz CT molecular complexity index is 394. The maximum absolute atomic E-state index is 11.4. The molecule has 0 atom stereocenters. The Labute approximate surface area is 88.7 Å². The van der Waals surface area contributed by atoms with Crippen LogP contribution >= 0.6 is 0 Å². The highest BCUT2D eigenvalue weighted by Crippen LogP contribution is 2.17. The van der Waals surface area contributed by atoms with Crippen LogP contribution in [0.1, 0.15) is 37.2 Å². The number of hydrogen-bond donors (Lipinski definition) is 2. The monoisotopic (exact) mass is 206 g/mol. The lowest BCUT2D eigenvalue weighted by Gasteiger charge is -2.12. The summed E-state index contributed by atoms with van der Waals surface area (Å²) < 4.78 is 0. The normalized spacial score (nSPS) is 10.8. The van der Waals surface area contributed by atoms with E-state index < -0.39 is 0 Å². The lowest BCUT2D eigenvalue weighted by Crippen LogP contribution is -2.25. The Morgan fingerprint density at radius 1 is 1.60 bits per heavy atom. The van der Waals surface area contributed by atoms with Crippen molar-refractivity contribution in [3.63, 3.8) is 0 Å². The minimum atomic E-state index is -0.361. The van der Waals surface area contributed by atoms with Crippen LogP contribution in [-0.2, 0) is 5.41 Å². The van der Waals surface area contributed by atoms with Crippen LogP contribution in [0.25, 0.3) is 0 Å². The van der Waals surface area contributed by atoms with E-state index in [0.29, 0.717) is 5.82 Å². The van der Waals surface area contributed by atoms with Gasteiger partial charge >= 0.3 is 0 Å². The molecule has 1 rings (SSSR count). The van der Waals surface area contributed by atoms with E-state index in [9.17, 15) is 4.79 Å². The molecule has 0 aliphatic carbocycles. The predicted octanol–water partition coefficient (Wildman–Crippen LogP) is 0.465. The number of nitrogens with one attached hydrogen (secondary N) is 2. The number of carbonyl (C=O) groups excluding carboxylic acids is 1. The first-order chi connectivity index (χ1) is 6.95. The van der Waals surface area contributed by atoms with E-state index in [0.717, 1.165) is 0 Å². The minimum absolute atomic E-state index is 0.121. The zero-order valence-corrected chi connectivity index (χ0v) is 9.09. The van der Waals surface area contributed by atoms with Gasteiger partial charge in [-0.05, 0) is 0 Å². The summed E-state index contributed by atoms with van der Waals surface area (Å²) in [6, 6.07) is 0. The molecule has 0 fully saturated rings. The molecule has 0 saturated heterocycles.